The Labute approximate surface area is 133 Å². The Morgan fingerprint density at radius 3 is 2.38 bits per heavy atom. The molecule has 2 rings (SSSR count). The number of hydrogen-bond acceptors (Lipinski definition) is 1. The van der Waals surface area contributed by atoms with Gasteiger partial charge in [-0.3, -0.25) is 0 Å². The van der Waals surface area contributed by atoms with Gasteiger partial charge in [0.05, 0.1) is 6.10 Å². The van der Waals surface area contributed by atoms with E-state index in [1.807, 2.05) is 0 Å². The second kappa shape index (κ2) is 5.23. The van der Waals surface area contributed by atoms with Gasteiger partial charge in [0.15, 0.2) is 8.32 Å². The predicted octanol–water partition coefficient (Wildman–Crippen LogP) is 6.31. The van der Waals surface area contributed by atoms with Crippen molar-refractivity contribution in [2.75, 3.05) is 0 Å². The molecule has 122 valence electrons. The van der Waals surface area contributed by atoms with E-state index >= 15 is 0 Å². The molecule has 2 heteroatoms. The highest BCUT2D eigenvalue weighted by Crippen LogP contribution is 2.55. The third-order valence-corrected chi connectivity index (χ3v) is 10.9. The Bertz CT molecular complexity index is 427. The highest BCUT2D eigenvalue weighted by atomic mass is 28.4. The van der Waals surface area contributed by atoms with Gasteiger partial charge >= 0.3 is 0 Å². The summed E-state index contributed by atoms with van der Waals surface area (Å²) in [6.45, 7) is 19.2. The highest BCUT2D eigenvalue weighted by Gasteiger charge is 2.50. The van der Waals surface area contributed by atoms with Gasteiger partial charge in [-0.2, -0.15) is 0 Å². The van der Waals surface area contributed by atoms with Crippen molar-refractivity contribution < 1.29 is 4.43 Å². The monoisotopic (exact) mass is 308 g/mol. The highest BCUT2D eigenvalue weighted by molar-refractivity contribution is 6.74. The zero-order chi connectivity index (χ0) is 16.1. The molecule has 0 spiro atoms. The van der Waals surface area contributed by atoms with Gasteiger partial charge in [0.2, 0.25) is 0 Å². The zero-order valence-corrected chi connectivity index (χ0v) is 16.6. The van der Waals surface area contributed by atoms with E-state index in [2.05, 4.69) is 60.7 Å². The van der Waals surface area contributed by atoms with Crippen LogP contribution in [0.5, 0.6) is 0 Å². The van der Waals surface area contributed by atoms with Gasteiger partial charge in [-0.15, -0.1) is 0 Å². The molecule has 0 aliphatic heterocycles. The van der Waals surface area contributed by atoms with Crippen molar-refractivity contribution in [1.82, 2.24) is 0 Å². The average molecular weight is 309 g/mol. The maximum atomic E-state index is 6.95. The van der Waals surface area contributed by atoms with Crippen LogP contribution in [0, 0.1) is 10.8 Å². The summed E-state index contributed by atoms with van der Waals surface area (Å²) in [5.41, 5.74) is 2.37. The molecule has 2 aliphatic carbocycles. The molecule has 2 atom stereocenters. The van der Waals surface area contributed by atoms with Crippen LogP contribution in [0.2, 0.25) is 18.1 Å². The molecule has 0 amide bonds. The first-order valence-electron chi connectivity index (χ1n) is 8.75. The quantitative estimate of drug-likeness (QED) is 0.429. The lowest BCUT2D eigenvalue weighted by Crippen LogP contribution is -2.53. The topological polar surface area (TPSA) is 9.23 Å². The molecule has 1 nitrogen and oxygen atoms in total. The van der Waals surface area contributed by atoms with Gasteiger partial charge in [-0.05, 0) is 55.7 Å². The number of hydrogen-bond donors (Lipinski definition) is 0. The third-order valence-electron chi connectivity index (χ3n) is 6.39. The maximum absolute atomic E-state index is 6.95. The van der Waals surface area contributed by atoms with Crippen molar-refractivity contribution in [1.29, 1.82) is 0 Å². The van der Waals surface area contributed by atoms with Crippen LogP contribution < -0.4 is 0 Å². The zero-order valence-electron chi connectivity index (χ0n) is 15.6. The summed E-state index contributed by atoms with van der Waals surface area (Å²) < 4.78 is 6.95. The fourth-order valence-corrected chi connectivity index (χ4v) is 5.21. The lowest BCUT2D eigenvalue weighted by molar-refractivity contribution is -0.00492. The minimum Gasteiger partial charge on any atom is -0.413 e. The largest absolute Gasteiger partial charge is 0.413 e. The van der Waals surface area contributed by atoms with Crippen LogP contribution in [-0.2, 0) is 4.43 Å². The van der Waals surface area contributed by atoms with E-state index in [-0.39, 0.29) is 0 Å². The van der Waals surface area contributed by atoms with Gasteiger partial charge in [-0.1, -0.05) is 53.2 Å². The Hall–Kier alpha value is -0.0831. The summed E-state index contributed by atoms with van der Waals surface area (Å²) in [5, 5.41) is 0.295. The molecule has 1 saturated carbocycles. The van der Waals surface area contributed by atoms with Crippen molar-refractivity contribution in [3.63, 3.8) is 0 Å². The first kappa shape index (κ1) is 17.3. The standard InChI is InChI=1S/C19H36OSi/c1-17(2,3)21(7,8)20-16-14-18(4,5)13-15-11-9-10-12-19(15,16)6/h11,16H,9-10,12-14H2,1-8H3/t16-,19-/m0/s1. The normalized spacial score (nSPS) is 33.3. The van der Waals surface area contributed by atoms with Crippen molar-refractivity contribution in [2.24, 2.45) is 10.8 Å². The van der Waals surface area contributed by atoms with Gasteiger partial charge in [0, 0.05) is 5.41 Å². The maximum Gasteiger partial charge on any atom is 0.192 e. The molecular weight excluding hydrogens is 272 g/mol. The first-order chi connectivity index (χ1) is 9.37. The predicted molar refractivity (Wildman–Crippen MR) is 95.1 cm³/mol. The van der Waals surface area contributed by atoms with E-state index in [9.17, 15) is 0 Å². The molecule has 0 bridgehead atoms. The summed E-state index contributed by atoms with van der Waals surface area (Å²) in [7, 11) is -1.71. The van der Waals surface area contributed by atoms with E-state index in [4.69, 9.17) is 4.43 Å². The van der Waals surface area contributed by atoms with Crippen LogP contribution in [0.3, 0.4) is 0 Å². The molecule has 21 heavy (non-hydrogen) atoms. The van der Waals surface area contributed by atoms with Gasteiger partial charge in [0.25, 0.3) is 0 Å². The van der Waals surface area contributed by atoms with E-state index in [1.165, 1.54) is 32.1 Å². The third kappa shape index (κ3) is 3.31. The van der Waals surface area contributed by atoms with Gasteiger partial charge < -0.3 is 4.43 Å². The van der Waals surface area contributed by atoms with Crippen molar-refractivity contribution in [3.05, 3.63) is 11.6 Å². The summed E-state index contributed by atoms with van der Waals surface area (Å²) in [4.78, 5) is 0. The molecule has 0 radical (unpaired) electrons. The summed E-state index contributed by atoms with van der Waals surface area (Å²) in [6.07, 6.45) is 9.34. The molecule has 0 aromatic rings. The van der Waals surface area contributed by atoms with E-state index in [1.54, 1.807) is 5.57 Å². The Kier molecular flexibility index (Phi) is 4.30. The lowest BCUT2D eigenvalue weighted by atomic mass is 9.58. The molecule has 1 fully saturated rings. The van der Waals surface area contributed by atoms with Crippen LogP contribution >= 0.6 is 0 Å². The van der Waals surface area contributed by atoms with Crippen LogP contribution in [0.25, 0.3) is 0 Å². The van der Waals surface area contributed by atoms with Gasteiger partial charge in [0.1, 0.15) is 0 Å². The van der Waals surface area contributed by atoms with Gasteiger partial charge in [-0.25, -0.2) is 0 Å². The molecule has 0 aromatic carbocycles. The fraction of sp³-hybridized carbons (Fsp3) is 0.895. The SMILES string of the molecule is CC1(C)CC2=CCCC[C@]2(C)[C@@H](O[Si](C)(C)C(C)(C)C)C1. The van der Waals surface area contributed by atoms with E-state index in [0.717, 1.165) is 0 Å². The van der Waals surface area contributed by atoms with Crippen LogP contribution in [-0.4, -0.2) is 14.4 Å². The molecule has 0 N–H and O–H groups in total. The number of rotatable bonds is 2. The minimum atomic E-state index is -1.71. The smallest absolute Gasteiger partial charge is 0.192 e. The Balaban J connectivity index is 2.32. The first-order valence-corrected chi connectivity index (χ1v) is 11.7. The average Bonchev–Trinajstić information content (AvgIpc) is 2.28. The van der Waals surface area contributed by atoms with Crippen LogP contribution in [0.4, 0.5) is 0 Å². The molecule has 0 heterocycles. The summed E-state index contributed by atoms with van der Waals surface area (Å²) in [6, 6.07) is 0. The second-order valence-electron chi connectivity index (χ2n) is 9.95. The number of fused-ring (bicyclic) bond motifs is 1. The Morgan fingerprint density at radius 1 is 1.19 bits per heavy atom. The van der Waals surface area contributed by atoms with Crippen molar-refractivity contribution in [3.8, 4) is 0 Å². The minimum absolute atomic E-state index is 0.295. The lowest BCUT2D eigenvalue weighted by Gasteiger charge is -2.54. The molecule has 0 saturated heterocycles. The number of allylic oxidation sites excluding steroid dienone is 1. The molecular formula is C19H36OSi. The van der Waals surface area contributed by atoms with Crippen molar-refractivity contribution >= 4 is 8.32 Å². The molecule has 0 unspecified atom stereocenters. The van der Waals surface area contributed by atoms with E-state index < -0.39 is 8.32 Å². The molecule has 0 aromatic heterocycles. The Morgan fingerprint density at radius 2 is 1.81 bits per heavy atom. The second-order valence-corrected chi connectivity index (χ2v) is 14.7. The van der Waals surface area contributed by atoms with Crippen LogP contribution in [0.15, 0.2) is 11.6 Å². The van der Waals surface area contributed by atoms with Crippen LogP contribution in [0.1, 0.15) is 73.6 Å². The molecule has 2 aliphatic rings. The van der Waals surface area contributed by atoms with Crippen molar-refractivity contribution in [2.45, 2.75) is 97.9 Å². The summed E-state index contributed by atoms with van der Waals surface area (Å²) >= 11 is 0. The van der Waals surface area contributed by atoms with E-state index in [0.29, 0.717) is 22.0 Å². The summed E-state index contributed by atoms with van der Waals surface area (Å²) in [5.74, 6) is 0. The fourth-order valence-electron chi connectivity index (χ4n) is 3.80.